The van der Waals surface area contributed by atoms with Crippen LogP contribution < -0.4 is 0 Å². The first-order valence-corrected chi connectivity index (χ1v) is 9.09. The number of nitrogens with zero attached hydrogens (tertiary/aromatic N) is 4. The van der Waals surface area contributed by atoms with Crippen molar-refractivity contribution in [1.82, 2.24) is 19.7 Å². The topological polar surface area (TPSA) is 79.1 Å². The molecule has 0 aliphatic heterocycles. The van der Waals surface area contributed by atoms with Gasteiger partial charge in [-0.15, -0.1) is 0 Å². The van der Waals surface area contributed by atoms with E-state index in [0.29, 0.717) is 19.3 Å². The first-order valence-electron chi connectivity index (χ1n) is 9.09. The molecule has 0 radical (unpaired) electrons. The molecule has 0 bridgehead atoms. The average Bonchev–Trinajstić information content (AvgIpc) is 3.40. The number of aryl methyl sites for hydroxylation is 1. The SMILES string of the molecule is COC(=O)C1(OC)CC=C(c2nc(C)c3cnn(CC4CC4)c3n2)CC1. The number of carbonyl (C=O) groups excluding carboxylic acids is 1. The Balaban J connectivity index is 1.66. The van der Waals surface area contributed by atoms with Crippen molar-refractivity contribution in [2.24, 2.45) is 5.92 Å². The van der Waals surface area contributed by atoms with E-state index in [2.05, 4.69) is 10.1 Å². The molecular formula is C19H24N4O3. The zero-order valence-corrected chi connectivity index (χ0v) is 15.5. The molecule has 26 heavy (non-hydrogen) atoms. The Labute approximate surface area is 152 Å². The Bertz CT molecular complexity index is 884. The average molecular weight is 356 g/mol. The summed E-state index contributed by atoms with van der Waals surface area (Å²) in [5.74, 6) is 1.13. The highest BCUT2D eigenvalue weighted by Gasteiger charge is 2.41. The lowest BCUT2D eigenvalue weighted by Crippen LogP contribution is -2.42. The number of hydrogen-bond acceptors (Lipinski definition) is 6. The minimum Gasteiger partial charge on any atom is -0.467 e. The Morgan fingerprint density at radius 2 is 2.15 bits per heavy atom. The molecule has 0 amide bonds. The minimum atomic E-state index is -0.898. The van der Waals surface area contributed by atoms with E-state index in [1.165, 1.54) is 20.0 Å². The van der Waals surface area contributed by atoms with Crippen LogP contribution in [0.15, 0.2) is 12.3 Å². The van der Waals surface area contributed by atoms with Crippen molar-refractivity contribution in [3.8, 4) is 0 Å². The molecular weight excluding hydrogens is 332 g/mol. The fourth-order valence-corrected chi connectivity index (χ4v) is 3.59. The molecule has 7 heteroatoms. The summed E-state index contributed by atoms with van der Waals surface area (Å²) in [4.78, 5) is 21.6. The molecule has 2 aromatic heterocycles. The van der Waals surface area contributed by atoms with Gasteiger partial charge in [-0.05, 0) is 44.1 Å². The Kier molecular flexibility index (Phi) is 4.26. The molecule has 0 spiro atoms. The van der Waals surface area contributed by atoms with Crippen molar-refractivity contribution in [2.75, 3.05) is 14.2 Å². The highest BCUT2D eigenvalue weighted by atomic mass is 16.6. The first-order chi connectivity index (χ1) is 12.6. The highest BCUT2D eigenvalue weighted by molar-refractivity contribution is 5.82. The first kappa shape index (κ1) is 17.1. The van der Waals surface area contributed by atoms with Crippen molar-refractivity contribution in [3.05, 3.63) is 23.8 Å². The van der Waals surface area contributed by atoms with E-state index < -0.39 is 5.60 Å². The smallest absolute Gasteiger partial charge is 0.338 e. The maximum atomic E-state index is 12.1. The predicted octanol–water partition coefficient (Wildman–Crippen LogP) is 2.67. The van der Waals surface area contributed by atoms with Crippen LogP contribution in [-0.2, 0) is 20.8 Å². The Hall–Kier alpha value is -2.28. The molecule has 0 N–H and O–H groups in total. The molecule has 0 saturated heterocycles. The monoisotopic (exact) mass is 356 g/mol. The molecule has 138 valence electrons. The van der Waals surface area contributed by atoms with Crippen molar-refractivity contribution in [2.45, 2.75) is 51.2 Å². The van der Waals surface area contributed by atoms with E-state index >= 15 is 0 Å². The summed E-state index contributed by atoms with van der Waals surface area (Å²) >= 11 is 0. The van der Waals surface area contributed by atoms with Crippen LogP contribution in [0.2, 0.25) is 0 Å². The summed E-state index contributed by atoms with van der Waals surface area (Å²) in [5, 5.41) is 5.51. The van der Waals surface area contributed by atoms with Gasteiger partial charge in [0.1, 0.15) is 0 Å². The molecule has 1 unspecified atom stereocenters. The number of esters is 1. The van der Waals surface area contributed by atoms with Crippen LogP contribution in [0.3, 0.4) is 0 Å². The van der Waals surface area contributed by atoms with Crippen LogP contribution in [0.1, 0.15) is 43.6 Å². The largest absolute Gasteiger partial charge is 0.467 e. The second-order valence-corrected chi connectivity index (χ2v) is 7.26. The summed E-state index contributed by atoms with van der Waals surface area (Å²) in [6, 6.07) is 0. The molecule has 4 rings (SSSR count). The van der Waals surface area contributed by atoms with Crippen LogP contribution in [0.4, 0.5) is 0 Å². The zero-order valence-electron chi connectivity index (χ0n) is 15.5. The highest BCUT2D eigenvalue weighted by Crippen LogP contribution is 2.36. The summed E-state index contributed by atoms with van der Waals surface area (Å²) in [5.41, 5.74) is 1.98. The molecule has 2 heterocycles. The number of allylic oxidation sites excluding steroid dienone is 1. The summed E-state index contributed by atoms with van der Waals surface area (Å²) in [6.07, 6.45) is 8.11. The molecule has 1 fully saturated rings. The van der Waals surface area contributed by atoms with E-state index in [9.17, 15) is 4.79 Å². The van der Waals surface area contributed by atoms with Gasteiger partial charge < -0.3 is 9.47 Å². The molecule has 2 aliphatic rings. The second kappa shape index (κ2) is 6.46. The van der Waals surface area contributed by atoms with Gasteiger partial charge in [0, 0.05) is 20.1 Å². The van der Waals surface area contributed by atoms with Crippen LogP contribution in [0.5, 0.6) is 0 Å². The Morgan fingerprint density at radius 1 is 1.35 bits per heavy atom. The van der Waals surface area contributed by atoms with E-state index in [1.807, 2.05) is 23.9 Å². The van der Waals surface area contributed by atoms with Gasteiger partial charge >= 0.3 is 5.97 Å². The van der Waals surface area contributed by atoms with Gasteiger partial charge in [0.05, 0.1) is 24.4 Å². The standard InChI is InChI=1S/C19H24N4O3/c1-12-15-10-20-23(11-13-4-5-13)17(15)22-16(21-12)14-6-8-19(26-3,9-7-14)18(24)25-2/h6,10,13H,4-5,7-9,11H2,1-3H3. The van der Waals surface area contributed by atoms with Crippen molar-refractivity contribution in [3.63, 3.8) is 0 Å². The van der Waals surface area contributed by atoms with Gasteiger partial charge in [-0.1, -0.05) is 6.08 Å². The van der Waals surface area contributed by atoms with Crippen LogP contribution in [-0.4, -0.2) is 45.5 Å². The lowest BCUT2D eigenvalue weighted by Gasteiger charge is -2.32. The summed E-state index contributed by atoms with van der Waals surface area (Å²) in [7, 11) is 2.95. The lowest BCUT2D eigenvalue weighted by atomic mass is 9.85. The van der Waals surface area contributed by atoms with Crippen LogP contribution in [0, 0.1) is 12.8 Å². The van der Waals surface area contributed by atoms with Crippen LogP contribution in [0.25, 0.3) is 16.6 Å². The third kappa shape index (κ3) is 2.90. The molecule has 2 aromatic rings. The van der Waals surface area contributed by atoms with E-state index in [0.717, 1.165) is 40.6 Å². The predicted molar refractivity (Wildman–Crippen MR) is 96.4 cm³/mol. The number of fused-ring (bicyclic) bond motifs is 1. The van der Waals surface area contributed by atoms with Gasteiger partial charge in [-0.25, -0.2) is 19.4 Å². The number of aromatic nitrogens is 4. The fraction of sp³-hybridized carbons (Fsp3) is 0.579. The van der Waals surface area contributed by atoms with Gasteiger partial charge in [0.15, 0.2) is 17.1 Å². The maximum Gasteiger partial charge on any atom is 0.338 e. The summed E-state index contributed by atoms with van der Waals surface area (Å²) in [6.45, 7) is 2.92. The van der Waals surface area contributed by atoms with E-state index in [-0.39, 0.29) is 5.97 Å². The van der Waals surface area contributed by atoms with Gasteiger partial charge in [-0.2, -0.15) is 5.10 Å². The normalized spacial score (nSPS) is 23.1. The van der Waals surface area contributed by atoms with E-state index in [1.54, 1.807) is 7.11 Å². The third-order valence-electron chi connectivity index (χ3n) is 5.53. The van der Waals surface area contributed by atoms with Gasteiger partial charge in [0.2, 0.25) is 0 Å². The molecule has 1 atom stereocenters. The van der Waals surface area contributed by atoms with Crippen molar-refractivity contribution >= 4 is 22.6 Å². The maximum absolute atomic E-state index is 12.1. The summed E-state index contributed by atoms with van der Waals surface area (Å²) < 4.78 is 12.4. The quantitative estimate of drug-likeness (QED) is 0.767. The molecule has 1 saturated carbocycles. The number of methoxy groups -OCH3 is 2. The fourth-order valence-electron chi connectivity index (χ4n) is 3.59. The van der Waals surface area contributed by atoms with E-state index in [4.69, 9.17) is 14.5 Å². The Morgan fingerprint density at radius 3 is 2.77 bits per heavy atom. The second-order valence-electron chi connectivity index (χ2n) is 7.26. The molecule has 7 nitrogen and oxygen atoms in total. The third-order valence-corrected chi connectivity index (χ3v) is 5.53. The number of ether oxygens (including phenoxy) is 2. The minimum absolute atomic E-state index is 0.328. The number of rotatable bonds is 5. The van der Waals surface area contributed by atoms with Gasteiger partial charge in [0.25, 0.3) is 0 Å². The number of hydrogen-bond donors (Lipinski definition) is 0. The lowest BCUT2D eigenvalue weighted by molar-refractivity contribution is -0.166. The van der Waals surface area contributed by atoms with Crippen molar-refractivity contribution < 1.29 is 14.3 Å². The zero-order chi connectivity index (χ0) is 18.3. The van der Waals surface area contributed by atoms with Gasteiger partial charge in [-0.3, -0.25) is 0 Å². The van der Waals surface area contributed by atoms with Crippen molar-refractivity contribution in [1.29, 1.82) is 0 Å². The molecule has 0 aromatic carbocycles. The molecule has 2 aliphatic carbocycles. The van der Waals surface area contributed by atoms with Crippen LogP contribution >= 0.6 is 0 Å². The number of carbonyl (C=O) groups is 1.